The van der Waals surface area contributed by atoms with Crippen LogP contribution in [0.5, 0.6) is 5.75 Å². The summed E-state index contributed by atoms with van der Waals surface area (Å²) in [6, 6.07) is 8.73. The molecule has 2 aromatic carbocycles. The molecule has 2 aromatic rings. The first-order valence-corrected chi connectivity index (χ1v) is 12.5. The average Bonchev–Trinajstić information content (AvgIpc) is 2.82. The van der Waals surface area contributed by atoms with Gasteiger partial charge in [0, 0.05) is 0 Å². The average molecular weight is 461 g/mol. The number of aliphatic hydroxyl groups excluding tert-OH is 1. The third kappa shape index (κ3) is 5.24. The van der Waals surface area contributed by atoms with Gasteiger partial charge in [-0.05, 0) is 118 Å². The van der Waals surface area contributed by atoms with E-state index in [2.05, 4.69) is 0 Å². The first-order chi connectivity index (χ1) is 15.9. The highest BCUT2D eigenvalue weighted by Crippen LogP contribution is 2.44. The fourth-order valence-electron chi connectivity index (χ4n) is 5.90. The van der Waals surface area contributed by atoms with Gasteiger partial charge in [-0.15, -0.1) is 0 Å². The van der Waals surface area contributed by atoms with E-state index in [0.717, 1.165) is 56.9 Å². The highest BCUT2D eigenvalue weighted by atomic mass is 19.2. The number of hydrogen-bond donors (Lipinski definition) is 1. The largest absolute Gasteiger partial charge is 0.491 e. The van der Waals surface area contributed by atoms with Crippen molar-refractivity contribution in [3.8, 4) is 5.75 Å². The lowest BCUT2D eigenvalue weighted by Crippen LogP contribution is -2.23. The fraction of sp³-hybridized carbons (Fsp3) is 0.571. The minimum Gasteiger partial charge on any atom is -0.491 e. The van der Waals surface area contributed by atoms with Crippen LogP contribution in [0.4, 0.5) is 13.2 Å². The van der Waals surface area contributed by atoms with Crippen LogP contribution >= 0.6 is 0 Å². The van der Waals surface area contributed by atoms with Crippen LogP contribution in [0.3, 0.4) is 0 Å². The van der Waals surface area contributed by atoms with Crippen molar-refractivity contribution in [2.24, 2.45) is 5.92 Å². The van der Waals surface area contributed by atoms with E-state index < -0.39 is 11.6 Å². The summed E-state index contributed by atoms with van der Waals surface area (Å²) in [6.07, 6.45) is 6.09. The van der Waals surface area contributed by atoms with E-state index in [9.17, 15) is 9.50 Å². The maximum atomic E-state index is 15.1. The lowest BCUT2D eigenvalue weighted by atomic mass is 9.74. The summed E-state index contributed by atoms with van der Waals surface area (Å²) in [7, 11) is 0. The zero-order valence-electron chi connectivity index (χ0n) is 19.6. The van der Waals surface area contributed by atoms with Gasteiger partial charge in [0.2, 0.25) is 0 Å². The van der Waals surface area contributed by atoms with Gasteiger partial charge in [0.25, 0.3) is 0 Å². The maximum Gasteiger partial charge on any atom is 0.165 e. The number of benzene rings is 2. The molecule has 1 N–H and O–H groups in total. The van der Waals surface area contributed by atoms with Crippen LogP contribution in [0.25, 0.3) is 0 Å². The van der Waals surface area contributed by atoms with Crippen LogP contribution in [0.1, 0.15) is 99.7 Å². The van der Waals surface area contributed by atoms with E-state index in [1.165, 1.54) is 0 Å². The standard InChI is InChI=1S/C28H35F3O2/c1-3-33-26-15-12-22(16-25(26)29)19-6-10-21(11-7-19)24-14-13-23(27(30)28(24)31)20-8-4-18(5-9-20)17(2)32/h12-21,32H,3-11H2,1-2H3. The molecule has 0 aromatic heterocycles. The molecule has 0 bridgehead atoms. The zero-order valence-corrected chi connectivity index (χ0v) is 19.6. The Morgan fingerprint density at radius 3 is 1.82 bits per heavy atom. The Morgan fingerprint density at radius 1 is 0.818 bits per heavy atom. The molecule has 0 aliphatic heterocycles. The van der Waals surface area contributed by atoms with E-state index in [-0.39, 0.29) is 41.3 Å². The molecule has 0 amide bonds. The van der Waals surface area contributed by atoms with Crippen molar-refractivity contribution in [3.63, 3.8) is 0 Å². The summed E-state index contributed by atoms with van der Waals surface area (Å²) in [5.74, 6) is -0.966. The first kappa shape index (κ1) is 24.1. The van der Waals surface area contributed by atoms with Crippen LogP contribution < -0.4 is 4.74 Å². The molecule has 0 saturated heterocycles. The van der Waals surface area contributed by atoms with Crippen molar-refractivity contribution in [1.29, 1.82) is 0 Å². The Labute approximate surface area is 195 Å². The molecule has 33 heavy (non-hydrogen) atoms. The summed E-state index contributed by atoms with van der Waals surface area (Å²) in [5.41, 5.74) is 1.91. The molecule has 4 rings (SSSR count). The molecular formula is C28H35F3O2. The molecule has 0 radical (unpaired) electrons. The monoisotopic (exact) mass is 460 g/mol. The predicted molar refractivity (Wildman–Crippen MR) is 124 cm³/mol. The van der Waals surface area contributed by atoms with Gasteiger partial charge >= 0.3 is 0 Å². The van der Waals surface area contributed by atoms with E-state index in [1.807, 2.05) is 13.0 Å². The second-order valence-electron chi connectivity index (χ2n) is 9.90. The summed E-state index contributed by atoms with van der Waals surface area (Å²) in [5, 5.41) is 9.79. The summed E-state index contributed by atoms with van der Waals surface area (Å²) in [4.78, 5) is 0. The molecule has 2 fully saturated rings. The molecule has 0 heterocycles. The van der Waals surface area contributed by atoms with Gasteiger partial charge in [-0.2, -0.15) is 0 Å². The Bertz CT molecular complexity index is 942. The third-order valence-electron chi connectivity index (χ3n) is 7.93. The van der Waals surface area contributed by atoms with E-state index in [1.54, 1.807) is 31.2 Å². The molecule has 2 saturated carbocycles. The number of halogens is 3. The second kappa shape index (κ2) is 10.5. The maximum absolute atomic E-state index is 15.1. The van der Waals surface area contributed by atoms with Gasteiger partial charge in [0.05, 0.1) is 12.7 Å². The van der Waals surface area contributed by atoms with E-state index in [4.69, 9.17) is 4.74 Å². The van der Waals surface area contributed by atoms with Crippen molar-refractivity contribution in [2.75, 3.05) is 6.61 Å². The molecule has 5 heteroatoms. The van der Waals surface area contributed by atoms with Crippen LogP contribution in [0.15, 0.2) is 30.3 Å². The molecular weight excluding hydrogens is 425 g/mol. The Balaban J connectivity index is 1.41. The minimum absolute atomic E-state index is 0.0108. The highest BCUT2D eigenvalue weighted by molar-refractivity contribution is 5.34. The molecule has 1 atom stereocenters. The fourth-order valence-corrected chi connectivity index (χ4v) is 5.90. The van der Waals surface area contributed by atoms with Gasteiger partial charge < -0.3 is 9.84 Å². The number of rotatable bonds is 6. The highest BCUT2D eigenvalue weighted by Gasteiger charge is 2.31. The van der Waals surface area contributed by atoms with Gasteiger partial charge in [-0.25, -0.2) is 13.2 Å². The van der Waals surface area contributed by atoms with Crippen LogP contribution in [0.2, 0.25) is 0 Å². The Morgan fingerprint density at radius 2 is 1.33 bits per heavy atom. The second-order valence-corrected chi connectivity index (χ2v) is 9.90. The third-order valence-corrected chi connectivity index (χ3v) is 7.93. The van der Waals surface area contributed by atoms with Crippen molar-refractivity contribution in [1.82, 2.24) is 0 Å². The predicted octanol–water partition coefficient (Wildman–Crippen LogP) is 7.60. The molecule has 180 valence electrons. The molecule has 2 aliphatic rings. The number of ether oxygens (including phenoxy) is 1. The normalized spacial score (nSPS) is 26.7. The summed E-state index contributed by atoms with van der Waals surface area (Å²) >= 11 is 0. The lowest BCUT2D eigenvalue weighted by molar-refractivity contribution is 0.0963. The lowest BCUT2D eigenvalue weighted by Gasteiger charge is -2.32. The van der Waals surface area contributed by atoms with Crippen LogP contribution in [-0.4, -0.2) is 17.8 Å². The molecule has 2 nitrogen and oxygen atoms in total. The van der Waals surface area contributed by atoms with Gasteiger partial charge in [0.1, 0.15) is 0 Å². The van der Waals surface area contributed by atoms with Crippen LogP contribution in [0, 0.1) is 23.4 Å². The molecule has 0 spiro atoms. The van der Waals surface area contributed by atoms with Crippen LogP contribution in [-0.2, 0) is 0 Å². The van der Waals surface area contributed by atoms with Crippen molar-refractivity contribution in [2.45, 2.75) is 89.1 Å². The van der Waals surface area contributed by atoms with Crippen molar-refractivity contribution >= 4 is 0 Å². The number of aliphatic hydroxyl groups is 1. The summed E-state index contributed by atoms with van der Waals surface area (Å²) in [6.45, 7) is 4.05. The van der Waals surface area contributed by atoms with Crippen molar-refractivity contribution in [3.05, 3.63) is 64.5 Å². The van der Waals surface area contributed by atoms with Gasteiger partial charge in [0.15, 0.2) is 23.2 Å². The minimum atomic E-state index is -0.694. The smallest absolute Gasteiger partial charge is 0.165 e. The molecule has 1 unspecified atom stereocenters. The Hall–Kier alpha value is -2.01. The van der Waals surface area contributed by atoms with E-state index in [0.29, 0.717) is 17.7 Å². The van der Waals surface area contributed by atoms with Crippen molar-refractivity contribution < 1.29 is 23.0 Å². The number of hydrogen-bond acceptors (Lipinski definition) is 2. The quantitative estimate of drug-likeness (QED) is 0.481. The Kier molecular flexibility index (Phi) is 7.68. The SMILES string of the molecule is CCOc1ccc(C2CCC(c3ccc(C4CCC(C(C)O)CC4)c(F)c3F)CC2)cc1F. The zero-order chi connectivity index (χ0) is 23.5. The summed E-state index contributed by atoms with van der Waals surface area (Å²) < 4.78 is 49.7. The van der Waals surface area contributed by atoms with Gasteiger partial charge in [-0.3, -0.25) is 0 Å². The van der Waals surface area contributed by atoms with E-state index >= 15 is 8.78 Å². The molecule has 2 aliphatic carbocycles. The topological polar surface area (TPSA) is 29.5 Å². The first-order valence-electron chi connectivity index (χ1n) is 12.5. The van der Waals surface area contributed by atoms with Gasteiger partial charge in [-0.1, -0.05) is 18.2 Å².